The third-order valence-corrected chi connectivity index (χ3v) is 4.75. The Morgan fingerprint density at radius 2 is 2.14 bits per heavy atom. The van der Waals surface area contributed by atoms with Crippen LogP contribution in [0.5, 0.6) is 0 Å². The van der Waals surface area contributed by atoms with Gasteiger partial charge in [-0.15, -0.1) is 0 Å². The molecule has 0 saturated heterocycles. The van der Waals surface area contributed by atoms with Crippen LogP contribution in [0.1, 0.15) is 38.3 Å². The van der Waals surface area contributed by atoms with Crippen LogP contribution in [0.4, 0.5) is 5.88 Å². The summed E-state index contributed by atoms with van der Waals surface area (Å²) in [6.45, 7) is 4.07. The standard InChI is InChI=1S/C16H19N3O2S/c1-11(2)19-16(22-10-12-8-9-12)15(21-18-19)17-14(20)13-6-4-3-5-7-13/h3-7,11-12H,8-10H2,1-2H3. The van der Waals surface area contributed by atoms with Crippen LogP contribution in [-0.2, 0) is 0 Å². The number of rotatable bonds is 6. The summed E-state index contributed by atoms with van der Waals surface area (Å²) < 4.78 is 7.10. The van der Waals surface area contributed by atoms with Crippen LogP contribution in [0, 0.1) is 5.92 Å². The van der Waals surface area contributed by atoms with E-state index in [0.29, 0.717) is 11.4 Å². The Balaban J connectivity index is 1.88. The average molecular weight is 317 g/mol. The van der Waals surface area contributed by atoms with E-state index in [4.69, 9.17) is 4.52 Å². The normalized spacial score (nSPS) is 15.5. The highest BCUT2D eigenvalue weighted by atomic mass is 32.2. The molecule has 5 nitrogen and oxygen atoms in total. The molecule has 0 N–H and O–H groups in total. The van der Waals surface area contributed by atoms with E-state index in [1.54, 1.807) is 28.6 Å². The van der Waals surface area contributed by atoms with Gasteiger partial charge in [0.25, 0.3) is 0 Å². The molecule has 1 aliphatic rings. The highest BCUT2D eigenvalue weighted by Gasteiger charge is 2.30. The van der Waals surface area contributed by atoms with E-state index in [9.17, 15) is 5.11 Å². The van der Waals surface area contributed by atoms with Gasteiger partial charge in [-0.1, -0.05) is 30.3 Å². The van der Waals surface area contributed by atoms with E-state index in [1.807, 2.05) is 32.0 Å². The Morgan fingerprint density at radius 3 is 2.77 bits per heavy atom. The Kier molecular flexibility index (Phi) is 4.47. The lowest BCUT2D eigenvalue weighted by atomic mass is 10.2. The van der Waals surface area contributed by atoms with E-state index < -0.39 is 0 Å². The van der Waals surface area contributed by atoms with Crippen molar-refractivity contribution in [1.29, 1.82) is 0 Å². The number of thioether (sulfide) groups is 1. The fourth-order valence-corrected chi connectivity index (χ4v) is 3.31. The van der Waals surface area contributed by atoms with Crippen molar-refractivity contribution in [3.05, 3.63) is 35.9 Å². The molecular formula is C16H19N3O2S. The number of aromatic nitrogens is 2. The number of nitrogens with zero attached hydrogens (tertiary/aromatic N) is 3. The molecule has 1 heterocycles. The molecule has 1 aromatic heterocycles. The van der Waals surface area contributed by atoms with Crippen LogP contribution in [0.25, 0.3) is 0 Å². The molecule has 2 aromatic rings. The summed E-state index contributed by atoms with van der Waals surface area (Å²) in [5.74, 6) is 1.81. The lowest BCUT2D eigenvalue weighted by Gasteiger charge is -2.08. The number of benzene rings is 1. The summed E-state index contributed by atoms with van der Waals surface area (Å²) in [6.07, 6.45) is 2.57. The molecule has 1 saturated carbocycles. The van der Waals surface area contributed by atoms with Gasteiger partial charge in [0, 0.05) is 19.6 Å². The first-order valence-corrected chi connectivity index (χ1v) is 8.49. The highest BCUT2D eigenvalue weighted by molar-refractivity contribution is 7.99. The topological polar surface area (TPSA) is 65.3 Å². The molecule has 0 aliphatic heterocycles. The van der Waals surface area contributed by atoms with Crippen molar-refractivity contribution in [3.8, 4) is 0 Å². The van der Waals surface area contributed by atoms with Crippen molar-refractivity contribution in [1.82, 2.24) is 5.27 Å². The van der Waals surface area contributed by atoms with Crippen LogP contribution < -0.4 is 9.79 Å². The van der Waals surface area contributed by atoms with Crippen molar-refractivity contribution in [2.75, 3.05) is 5.75 Å². The predicted molar refractivity (Wildman–Crippen MR) is 83.2 cm³/mol. The minimum atomic E-state index is -0.305. The zero-order valence-corrected chi connectivity index (χ0v) is 13.5. The van der Waals surface area contributed by atoms with Gasteiger partial charge in [-0.3, -0.25) is 4.52 Å². The molecule has 0 spiro atoms. The minimum absolute atomic E-state index is 0.168. The second-order valence-electron chi connectivity index (χ2n) is 5.76. The summed E-state index contributed by atoms with van der Waals surface area (Å²) >= 11 is 1.68. The molecule has 3 rings (SSSR count). The molecule has 116 valence electrons. The smallest absolute Gasteiger partial charge is 0.335 e. The van der Waals surface area contributed by atoms with E-state index in [-0.39, 0.29) is 11.9 Å². The Bertz CT molecular complexity index is 663. The maximum atomic E-state index is 12.2. The van der Waals surface area contributed by atoms with Gasteiger partial charge in [0.15, 0.2) is 6.04 Å². The Hall–Kier alpha value is -1.82. The molecule has 0 unspecified atom stereocenters. The van der Waals surface area contributed by atoms with Gasteiger partial charge in [-0.05, 0) is 46.7 Å². The van der Waals surface area contributed by atoms with Gasteiger partial charge in [-0.2, -0.15) is 0 Å². The molecule has 1 aromatic carbocycles. The Morgan fingerprint density at radius 1 is 1.41 bits per heavy atom. The molecule has 0 amide bonds. The molecule has 22 heavy (non-hydrogen) atoms. The van der Waals surface area contributed by atoms with Crippen LogP contribution in [-0.4, -0.2) is 16.9 Å². The Labute approximate surface area is 134 Å². The molecular weight excluding hydrogens is 298 g/mol. The zero-order valence-electron chi connectivity index (χ0n) is 12.7. The van der Waals surface area contributed by atoms with Crippen LogP contribution in [0.15, 0.2) is 44.9 Å². The molecule has 6 heteroatoms. The van der Waals surface area contributed by atoms with E-state index in [2.05, 4.69) is 10.3 Å². The van der Waals surface area contributed by atoms with Gasteiger partial charge in [0.05, 0.1) is 0 Å². The third-order valence-electron chi connectivity index (χ3n) is 3.47. The number of aliphatic imine (C=N–C) groups is 1. The second kappa shape index (κ2) is 6.52. The summed E-state index contributed by atoms with van der Waals surface area (Å²) in [5, 5.41) is 17.1. The minimum Gasteiger partial charge on any atom is -0.858 e. The first kappa shape index (κ1) is 15.1. The molecule has 0 atom stereocenters. The maximum Gasteiger partial charge on any atom is 0.335 e. The van der Waals surface area contributed by atoms with Crippen molar-refractivity contribution in [2.45, 2.75) is 37.8 Å². The SMILES string of the molecule is CC(C)[n+]1noc(/N=C(\[O-])c2ccccc2)c1SCC1CC1. The van der Waals surface area contributed by atoms with Gasteiger partial charge >= 0.3 is 10.9 Å². The van der Waals surface area contributed by atoms with E-state index in [0.717, 1.165) is 16.7 Å². The largest absolute Gasteiger partial charge is 0.858 e. The third kappa shape index (κ3) is 3.50. The lowest BCUT2D eigenvalue weighted by Crippen LogP contribution is -2.39. The summed E-state index contributed by atoms with van der Waals surface area (Å²) in [7, 11) is 0. The van der Waals surface area contributed by atoms with Crippen molar-refractivity contribution >= 4 is 23.5 Å². The highest BCUT2D eigenvalue weighted by Crippen LogP contribution is 2.37. The first-order chi connectivity index (χ1) is 10.6. The van der Waals surface area contributed by atoms with Crippen molar-refractivity contribution in [2.24, 2.45) is 10.9 Å². The van der Waals surface area contributed by atoms with Crippen LogP contribution in [0.3, 0.4) is 0 Å². The van der Waals surface area contributed by atoms with E-state index >= 15 is 0 Å². The van der Waals surface area contributed by atoms with E-state index in [1.165, 1.54) is 12.8 Å². The van der Waals surface area contributed by atoms with Crippen molar-refractivity contribution in [3.63, 3.8) is 0 Å². The summed E-state index contributed by atoms with van der Waals surface area (Å²) in [5.41, 5.74) is 0.549. The fourth-order valence-electron chi connectivity index (χ4n) is 2.00. The molecule has 0 radical (unpaired) electrons. The summed E-state index contributed by atoms with van der Waals surface area (Å²) in [6, 6.07) is 9.17. The van der Waals surface area contributed by atoms with Crippen molar-refractivity contribution < 1.29 is 14.3 Å². The summed E-state index contributed by atoms with van der Waals surface area (Å²) in [4.78, 5) is 4.12. The van der Waals surface area contributed by atoms with Gasteiger partial charge in [-0.25, -0.2) is 4.99 Å². The van der Waals surface area contributed by atoms with Gasteiger partial charge in [0.1, 0.15) is 0 Å². The predicted octanol–water partition coefficient (Wildman–Crippen LogP) is 2.48. The van der Waals surface area contributed by atoms with Crippen LogP contribution >= 0.6 is 11.8 Å². The van der Waals surface area contributed by atoms with Gasteiger partial charge in [0.2, 0.25) is 5.27 Å². The monoisotopic (exact) mass is 317 g/mol. The maximum absolute atomic E-state index is 12.2. The number of hydrogen-bond acceptors (Lipinski definition) is 5. The second-order valence-corrected chi connectivity index (χ2v) is 6.77. The zero-order chi connectivity index (χ0) is 15.5. The van der Waals surface area contributed by atoms with Gasteiger partial charge < -0.3 is 5.11 Å². The first-order valence-electron chi connectivity index (χ1n) is 7.50. The molecule has 0 bridgehead atoms. The average Bonchev–Trinajstić information content (AvgIpc) is 3.26. The lowest BCUT2D eigenvalue weighted by molar-refractivity contribution is -0.809. The molecule has 1 fully saturated rings. The quantitative estimate of drug-likeness (QED) is 0.355. The number of hydrogen-bond donors (Lipinski definition) is 0. The fraction of sp³-hybridized carbons (Fsp3) is 0.438. The molecule has 1 aliphatic carbocycles. The van der Waals surface area contributed by atoms with Crippen LogP contribution in [0.2, 0.25) is 0 Å².